The van der Waals surface area contributed by atoms with Gasteiger partial charge in [0.25, 0.3) is 0 Å². The Labute approximate surface area is 118 Å². The van der Waals surface area contributed by atoms with E-state index in [1.807, 2.05) is 12.1 Å². The molecular weight excluding hydrogens is 250 g/mol. The Morgan fingerprint density at radius 2 is 1.95 bits per heavy atom. The lowest BCUT2D eigenvalue weighted by atomic mass is 10.2. The molecule has 1 aromatic heterocycles. The average Bonchev–Trinajstić information content (AvgIpc) is 3.30. The minimum atomic E-state index is 0.261. The molecule has 1 heterocycles. The molecule has 1 aliphatic carbocycles. The van der Waals surface area contributed by atoms with Crippen molar-refractivity contribution >= 4 is 5.82 Å². The number of phenolic OH excluding ortho intramolecular Hbond substituents is 1. The number of phenols is 1. The van der Waals surface area contributed by atoms with Crippen molar-refractivity contribution in [2.75, 3.05) is 11.9 Å². The van der Waals surface area contributed by atoms with Gasteiger partial charge in [-0.2, -0.15) is 0 Å². The topological polar surface area (TPSA) is 58.0 Å². The van der Waals surface area contributed by atoms with E-state index in [0.29, 0.717) is 5.92 Å². The Morgan fingerprint density at radius 3 is 2.60 bits per heavy atom. The van der Waals surface area contributed by atoms with Crippen molar-refractivity contribution in [1.82, 2.24) is 9.97 Å². The SMILES string of the molecule is CCCNc1cc(C2CC2)nc(-c2ccc(O)cc2)n1. The largest absolute Gasteiger partial charge is 0.508 e. The van der Waals surface area contributed by atoms with Crippen LogP contribution < -0.4 is 5.32 Å². The monoisotopic (exact) mass is 269 g/mol. The van der Waals surface area contributed by atoms with E-state index in [-0.39, 0.29) is 5.75 Å². The molecule has 0 amide bonds. The maximum absolute atomic E-state index is 9.37. The van der Waals surface area contributed by atoms with E-state index in [0.717, 1.165) is 35.9 Å². The summed E-state index contributed by atoms with van der Waals surface area (Å²) in [5.41, 5.74) is 2.06. The van der Waals surface area contributed by atoms with E-state index in [4.69, 9.17) is 0 Å². The molecule has 1 fully saturated rings. The van der Waals surface area contributed by atoms with Crippen LogP contribution in [-0.4, -0.2) is 21.6 Å². The third-order valence-electron chi connectivity index (χ3n) is 3.42. The Bertz CT molecular complexity index is 591. The van der Waals surface area contributed by atoms with Gasteiger partial charge in [-0.05, 0) is 43.5 Å². The molecule has 3 rings (SSSR count). The van der Waals surface area contributed by atoms with Gasteiger partial charge in [-0.3, -0.25) is 0 Å². The van der Waals surface area contributed by atoms with Crippen molar-refractivity contribution in [3.63, 3.8) is 0 Å². The summed E-state index contributed by atoms with van der Waals surface area (Å²) in [6.07, 6.45) is 3.51. The van der Waals surface area contributed by atoms with Gasteiger partial charge in [0.05, 0.1) is 0 Å². The van der Waals surface area contributed by atoms with Crippen LogP contribution in [0.5, 0.6) is 5.75 Å². The van der Waals surface area contributed by atoms with Crippen LogP contribution in [0.1, 0.15) is 37.8 Å². The maximum Gasteiger partial charge on any atom is 0.161 e. The molecule has 0 bridgehead atoms. The van der Waals surface area contributed by atoms with Crippen molar-refractivity contribution in [2.24, 2.45) is 0 Å². The first kappa shape index (κ1) is 12.9. The first-order valence-corrected chi connectivity index (χ1v) is 7.18. The molecule has 20 heavy (non-hydrogen) atoms. The molecule has 4 nitrogen and oxygen atoms in total. The van der Waals surface area contributed by atoms with Crippen LogP contribution >= 0.6 is 0 Å². The fourth-order valence-corrected chi connectivity index (χ4v) is 2.14. The molecule has 104 valence electrons. The first-order valence-electron chi connectivity index (χ1n) is 7.18. The number of nitrogens with zero attached hydrogens (tertiary/aromatic N) is 2. The highest BCUT2D eigenvalue weighted by Gasteiger charge is 2.26. The molecule has 1 saturated carbocycles. The van der Waals surface area contributed by atoms with Gasteiger partial charge in [0, 0.05) is 29.8 Å². The molecule has 0 radical (unpaired) electrons. The predicted molar refractivity (Wildman–Crippen MR) is 79.9 cm³/mol. The van der Waals surface area contributed by atoms with Crippen LogP contribution in [0.25, 0.3) is 11.4 Å². The zero-order chi connectivity index (χ0) is 13.9. The fraction of sp³-hybridized carbons (Fsp3) is 0.375. The zero-order valence-corrected chi connectivity index (χ0v) is 11.6. The second-order valence-electron chi connectivity index (χ2n) is 5.25. The summed E-state index contributed by atoms with van der Waals surface area (Å²) in [7, 11) is 0. The first-order chi connectivity index (χ1) is 9.76. The van der Waals surface area contributed by atoms with Gasteiger partial charge in [0.15, 0.2) is 5.82 Å². The molecule has 0 unspecified atom stereocenters. The maximum atomic E-state index is 9.37. The van der Waals surface area contributed by atoms with Gasteiger partial charge >= 0.3 is 0 Å². The molecule has 2 aromatic rings. The summed E-state index contributed by atoms with van der Waals surface area (Å²) in [5, 5.41) is 12.7. The number of hydrogen-bond acceptors (Lipinski definition) is 4. The summed E-state index contributed by atoms with van der Waals surface area (Å²) in [6, 6.07) is 9.11. The van der Waals surface area contributed by atoms with Crippen LogP contribution in [0, 0.1) is 0 Å². The van der Waals surface area contributed by atoms with E-state index in [9.17, 15) is 5.11 Å². The van der Waals surface area contributed by atoms with Crippen molar-refractivity contribution < 1.29 is 5.11 Å². The fourth-order valence-electron chi connectivity index (χ4n) is 2.14. The highest BCUT2D eigenvalue weighted by atomic mass is 16.3. The summed E-state index contributed by atoms with van der Waals surface area (Å²) >= 11 is 0. The van der Waals surface area contributed by atoms with Gasteiger partial charge in [-0.15, -0.1) is 0 Å². The van der Waals surface area contributed by atoms with E-state index in [1.54, 1.807) is 12.1 Å². The average molecular weight is 269 g/mol. The van der Waals surface area contributed by atoms with Crippen LogP contribution in [0.4, 0.5) is 5.82 Å². The molecule has 0 aliphatic heterocycles. The molecular formula is C16H19N3O. The Morgan fingerprint density at radius 1 is 1.20 bits per heavy atom. The van der Waals surface area contributed by atoms with Crippen LogP contribution in [0.15, 0.2) is 30.3 Å². The highest BCUT2D eigenvalue weighted by Crippen LogP contribution is 2.40. The minimum Gasteiger partial charge on any atom is -0.508 e. The molecule has 0 saturated heterocycles. The third-order valence-corrected chi connectivity index (χ3v) is 3.42. The van der Waals surface area contributed by atoms with E-state index >= 15 is 0 Å². The number of benzene rings is 1. The summed E-state index contributed by atoms with van der Waals surface area (Å²) in [6.45, 7) is 3.05. The Kier molecular flexibility index (Phi) is 3.54. The van der Waals surface area contributed by atoms with Crippen molar-refractivity contribution in [1.29, 1.82) is 0 Å². The number of nitrogens with one attached hydrogen (secondary N) is 1. The quantitative estimate of drug-likeness (QED) is 0.871. The van der Waals surface area contributed by atoms with E-state index in [1.165, 1.54) is 12.8 Å². The zero-order valence-electron chi connectivity index (χ0n) is 11.6. The molecule has 0 spiro atoms. The summed E-state index contributed by atoms with van der Waals surface area (Å²) < 4.78 is 0. The van der Waals surface area contributed by atoms with Gasteiger partial charge in [0.1, 0.15) is 11.6 Å². The predicted octanol–water partition coefficient (Wildman–Crippen LogP) is 3.55. The van der Waals surface area contributed by atoms with Gasteiger partial charge in [-0.1, -0.05) is 6.92 Å². The Balaban J connectivity index is 1.95. The van der Waals surface area contributed by atoms with E-state index in [2.05, 4.69) is 28.3 Å². The number of anilines is 1. The number of aromatic nitrogens is 2. The molecule has 1 aliphatic rings. The Hall–Kier alpha value is -2.10. The lowest BCUT2D eigenvalue weighted by molar-refractivity contribution is 0.475. The number of rotatable bonds is 5. The molecule has 1 aromatic carbocycles. The smallest absolute Gasteiger partial charge is 0.161 e. The summed E-state index contributed by atoms with van der Waals surface area (Å²) in [4.78, 5) is 9.25. The van der Waals surface area contributed by atoms with Gasteiger partial charge in [0.2, 0.25) is 0 Å². The van der Waals surface area contributed by atoms with Crippen LogP contribution in [-0.2, 0) is 0 Å². The minimum absolute atomic E-state index is 0.261. The summed E-state index contributed by atoms with van der Waals surface area (Å²) in [5.74, 6) is 2.48. The molecule has 0 atom stereocenters. The van der Waals surface area contributed by atoms with E-state index < -0.39 is 0 Å². The highest BCUT2D eigenvalue weighted by molar-refractivity contribution is 5.59. The van der Waals surface area contributed by atoms with Crippen LogP contribution in [0.3, 0.4) is 0 Å². The lowest BCUT2D eigenvalue weighted by Gasteiger charge is -2.09. The standard InChI is InChI=1S/C16H19N3O/c1-2-9-17-15-10-14(11-3-4-11)18-16(19-15)12-5-7-13(20)8-6-12/h5-8,10-11,20H,2-4,9H2,1H3,(H,17,18,19). The second-order valence-corrected chi connectivity index (χ2v) is 5.25. The van der Waals surface area contributed by atoms with Gasteiger partial charge in [-0.25, -0.2) is 9.97 Å². The number of aromatic hydroxyl groups is 1. The molecule has 4 heteroatoms. The van der Waals surface area contributed by atoms with Crippen LogP contribution in [0.2, 0.25) is 0 Å². The lowest BCUT2D eigenvalue weighted by Crippen LogP contribution is -2.05. The third kappa shape index (κ3) is 2.90. The second kappa shape index (κ2) is 5.49. The van der Waals surface area contributed by atoms with Crippen molar-refractivity contribution in [3.8, 4) is 17.1 Å². The van der Waals surface area contributed by atoms with Crippen molar-refractivity contribution in [2.45, 2.75) is 32.1 Å². The number of hydrogen-bond donors (Lipinski definition) is 2. The van der Waals surface area contributed by atoms with Gasteiger partial charge < -0.3 is 10.4 Å². The normalized spacial score (nSPS) is 14.2. The van der Waals surface area contributed by atoms with Crippen molar-refractivity contribution in [3.05, 3.63) is 36.0 Å². The molecule has 2 N–H and O–H groups in total.